The van der Waals surface area contributed by atoms with Crippen molar-refractivity contribution in [3.05, 3.63) is 0 Å². The van der Waals surface area contributed by atoms with Crippen LogP contribution in [-0.2, 0) is 4.79 Å². The van der Waals surface area contributed by atoms with Crippen LogP contribution in [0, 0.1) is 0 Å². The van der Waals surface area contributed by atoms with E-state index in [0.717, 1.165) is 0 Å². The summed E-state index contributed by atoms with van der Waals surface area (Å²) in [5, 5.41) is 0. The van der Waals surface area contributed by atoms with Gasteiger partial charge in [-0.2, -0.15) is 0 Å². The normalized spacial score (nSPS) is 26.0. The van der Waals surface area contributed by atoms with Gasteiger partial charge in [-0.1, -0.05) is 38.5 Å². The first-order valence-corrected chi connectivity index (χ1v) is 7.48. The average Bonchev–Trinajstić information content (AvgIpc) is 2.41. The second-order valence-corrected chi connectivity index (χ2v) is 5.82. The molecule has 0 N–H and O–H groups in total. The molecule has 0 saturated heterocycles. The van der Waals surface area contributed by atoms with Crippen molar-refractivity contribution in [1.29, 1.82) is 0 Å². The van der Waals surface area contributed by atoms with Crippen LogP contribution in [0.3, 0.4) is 0 Å². The lowest BCUT2D eigenvalue weighted by Gasteiger charge is -2.43. The first-order valence-electron chi connectivity index (χ1n) is 7.48. The molecule has 2 aliphatic rings. The lowest BCUT2D eigenvalue weighted by Crippen LogP contribution is -2.50. The Balaban J connectivity index is 2.02. The Bertz CT molecular complexity index is 211. The van der Waals surface area contributed by atoms with E-state index in [2.05, 4.69) is 11.2 Å². The van der Waals surface area contributed by atoms with Gasteiger partial charge >= 0.3 is 0 Å². The van der Waals surface area contributed by atoms with Gasteiger partial charge in [-0.25, -0.2) is 0 Å². The van der Waals surface area contributed by atoms with E-state index in [-0.39, 0.29) is 6.04 Å². The first kappa shape index (κ1) is 13.1. The van der Waals surface area contributed by atoms with Crippen LogP contribution in [0.5, 0.6) is 0 Å². The summed E-state index contributed by atoms with van der Waals surface area (Å²) in [6.45, 7) is 2.04. The Kier molecular flexibility index (Phi) is 5.02. The maximum absolute atomic E-state index is 11.1. The highest BCUT2D eigenvalue weighted by Gasteiger charge is 2.32. The topological polar surface area (TPSA) is 20.3 Å². The van der Waals surface area contributed by atoms with Crippen LogP contribution in [-0.4, -0.2) is 29.3 Å². The molecule has 0 spiro atoms. The second-order valence-electron chi connectivity index (χ2n) is 5.82. The summed E-state index contributed by atoms with van der Waals surface area (Å²) in [7, 11) is 0. The van der Waals surface area contributed by atoms with Crippen molar-refractivity contribution in [2.24, 2.45) is 0 Å². The molecular weight excluding hydrogens is 210 g/mol. The fourth-order valence-electron chi connectivity index (χ4n) is 3.75. The zero-order chi connectivity index (χ0) is 12.1. The highest BCUT2D eigenvalue weighted by atomic mass is 16.1. The zero-order valence-electron chi connectivity index (χ0n) is 11.2. The minimum absolute atomic E-state index is 0.00111. The molecule has 97 valence electrons. The van der Waals surface area contributed by atoms with Gasteiger partial charge in [-0.3, -0.25) is 9.69 Å². The lowest BCUT2D eigenvalue weighted by molar-refractivity contribution is 0.0667. The largest absolute Gasteiger partial charge is 0.289 e. The van der Waals surface area contributed by atoms with E-state index in [9.17, 15) is 4.79 Å². The van der Waals surface area contributed by atoms with Crippen LogP contribution in [0.2, 0.25) is 0 Å². The predicted octanol–water partition coefficient (Wildman–Crippen LogP) is 3.45. The van der Waals surface area contributed by atoms with Gasteiger partial charge in [-0.15, -0.1) is 0 Å². The minimum Gasteiger partial charge on any atom is -0.289 e. The molecule has 1 unspecified atom stereocenters. The molecule has 2 fully saturated rings. The summed E-state index contributed by atoms with van der Waals surface area (Å²) in [5.74, 6) is 0. The van der Waals surface area contributed by atoms with Crippen LogP contribution in [0.4, 0.5) is 0 Å². The summed E-state index contributed by atoms with van der Waals surface area (Å²) in [5.41, 5.74) is 0. The number of hydrogen-bond acceptors (Lipinski definition) is 2. The van der Waals surface area contributed by atoms with E-state index in [0.29, 0.717) is 12.1 Å². The summed E-state index contributed by atoms with van der Waals surface area (Å²) in [4.78, 5) is 13.6. The van der Waals surface area contributed by atoms with Crippen molar-refractivity contribution < 1.29 is 4.79 Å². The number of carbonyl (C=O) groups excluding carboxylic acids is 1. The highest BCUT2D eigenvalue weighted by molar-refractivity contribution is 5.57. The molecule has 0 aromatic heterocycles. The standard InChI is InChI=1S/C15H26NO/c1-13(12-17)16(14-8-4-2-5-9-14)15-10-6-3-7-11-15/h13-15H,2-11H2,1H3. The molecule has 17 heavy (non-hydrogen) atoms. The summed E-state index contributed by atoms with van der Waals surface area (Å²) < 4.78 is 0. The summed E-state index contributed by atoms with van der Waals surface area (Å²) in [6.07, 6.45) is 15.6. The molecule has 2 heteroatoms. The van der Waals surface area contributed by atoms with Crippen molar-refractivity contribution >= 4 is 6.29 Å². The van der Waals surface area contributed by atoms with Crippen molar-refractivity contribution in [3.8, 4) is 0 Å². The second kappa shape index (κ2) is 6.53. The zero-order valence-corrected chi connectivity index (χ0v) is 11.2. The maximum Gasteiger partial charge on any atom is 0.216 e. The van der Waals surface area contributed by atoms with Gasteiger partial charge < -0.3 is 0 Å². The van der Waals surface area contributed by atoms with E-state index < -0.39 is 0 Å². The first-order chi connectivity index (χ1) is 8.33. The SMILES string of the molecule is CC([C]=O)N(C1CCCCC1)C1CCCCC1. The molecule has 2 rings (SSSR count). The van der Waals surface area contributed by atoms with E-state index in [1.807, 2.05) is 6.92 Å². The number of rotatable bonds is 4. The Morgan fingerprint density at radius 2 is 1.29 bits per heavy atom. The third-order valence-corrected chi connectivity index (χ3v) is 4.61. The van der Waals surface area contributed by atoms with Crippen LogP contribution < -0.4 is 0 Å². The quantitative estimate of drug-likeness (QED) is 0.745. The monoisotopic (exact) mass is 236 g/mol. The summed E-state index contributed by atoms with van der Waals surface area (Å²) in [6, 6.07) is 1.31. The third kappa shape index (κ3) is 3.31. The average molecular weight is 236 g/mol. The van der Waals surface area contributed by atoms with Gasteiger partial charge in [-0.05, 0) is 32.6 Å². The number of hydrogen-bond donors (Lipinski definition) is 0. The van der Waals surface area contributed by atoms with Crippen LogP contribution in [0.1, 0.15) is 71.1 Å². The van der Waals surface area contributed by atoms with E-state index in [1.54, 1.807) is 0 Å². The van der Waals surface area contributed by atoms with E-state index in [4.69, 9.17) is 0 Å². The maximum atomic E-state index is 11.1. The van der Waals surface area contributed by atoms with Crippen LogP contribution in [0.25, 0.3) is 0 Å². The molecule has 0 aliphatic heterocycles. The van der Waals surface area contributed by atoms with Gasteiger partial charge in [0.05, 0.1) is 6.04 Å². The molecule has 0 bridgehead atoms. The molecule has 2 aliphatic carbocycles. The molecule has 2 saturated carbocycles. The van der Waals surface area contributed by atoms with E-state index in [1.165, 1.54) is 64.2 Å². The summed E-state index contributed by atoms with van der Waals surface area (Å²) >= 11 is 0. The Morgan fingerprint density at radius 1 is 0.882 bits per heavy atom. The molecule has 1 radical (unpaired) electrons. The third-order valence-electron chi connectivity index (χ3n) is 4.61. The van der Waals surface area contributed by atoms with Crippen molar-refractivity contribution in [1.82, 2.24) is 4.90 Å². The molecule has 0 heterocycles. The lowest BCUT2D eigenvalue weighted by atomic mass is 9.87. The van der Waals surface area contributed by atoms with E-state index >= 15 is 0 Å². The predicted molar refractivity (Wildman–Crippen MR) is 70.7 cm³/mol. The van der Waals surface area contributed by atoms with Gasteiger partial charge in [0.2, 0.25) is 6.29 Å². The molecule has 1 atom stereocenters. The Labute approximate surface area is 106 Å². The van der Waals surface area contributed by atoms with Gasteiger partial charge in [0.25, 0.3) is 0 Å². The fourth-order valence-corrected chi connectivity index (χ4v) is 3.75. The molecule has 0 aromatic rings. The Hall–Kier alpha value is -0.370. The molecular formula is C15H26NO. The van der Waals surface area contributed by atoms with Crippen molar-refractivity contribution in [3.63, 3.8) is 0 Å². The smallest absolute Gasteiger partial charge is 0.216 e. The van der Waals surface area contributed by atoms with Gasteiger partial charge in [0.1, 0.15) is 0 Å². The van der Waals surface area contributed by atoms with Crippen molar-refractivity contribution in [2.75, 3.05) is 0 Å². The minimum atomic E-state index is 0.00111. The van der Waals surface area contributed by atoms with Crippen LogP contribution >= 0.6 is 0 Å². The number of nitrogens with zero attached hydrogens (tertiary/aromatic N) is 1. The molecule has 0 amide bonds. The highest BCUT2D eigenvalue weighted by Crippen LogP contribution is 2.31. The van der Waals surface area contributed by atoms with Crippen LogP contribution in [0.15, 0.2) is 0 Å². The van der Waals surface area contributed by atoms with Gasteiger partial charge in [0.15, 0.2) is 0 Å². The van der Waals surface area contributed by atoms with Gasteiger partial charge in [0, 0.05) is 12.1 Å². The van der Waals surface area contributed by atoms with Crippen molar-refractivity contribution in [2.45, 2.75) is 89.3 Å². The Morgan fingerprint density at radius 3 is 1.65 bits per heavy atom. The fraction of sp³-hybridized carbons (Fsp3) is 0.933. The molecule has 2 nitrogen and oxygen atoms in total. The molecule has 0 aromatic carbocycles.